The van der Waals surface area contributed by atoms with Gasteiger partial charge < -0.3 is 10.1 Å². The van der Waals surface area contributed by atoms with Crippen molar-refractivity contribution < 1.29 is 4.74 Å². The van der Waals surface area contributed by atoms with Crippen LogP contribution >= 0.6 is 0 Å². The van der Waals surface area contributed by atoms with Gasteiger partial charge in [-0.05, 0) is 44.6 Å². The van der Waals surface area contributed by atoms with Crippen molar-refractivity contribution >= 4 is 0 Å². The van der Waals surface area contributed by atoms with Crippen molar-refractivity contribution in [2.24, 2.45) is 11.8 Å². The van der Waals surface area contributed by atoms with Crippen LogP contribution in [0, 0.1) is 11.8 Å². The van der Waals surface area contributed by atoms with Crippen molar-refractivity contribution in [1.29, 1.82) is 0 Å². The highest BCUT2D eigenvalue weighted by molar-refractivity contribution is 5.06. The molecular formula is C13H23NO. The lowest BCUT2D eigenvalue weighted by Crippen LogP contribution is -2.53. The summed E-state index contributed by atoms with van der Waals surface area (Å²) in [4.78, 5) is 0. The van der Waals surface area contributed by atoms with Gasteiger partial charge in [0.15, 0.2) is 0 Å². The van der Waals surface area contributed by atoms with E-state index in [0.717, 1.165) is 25.0 Å². The van der Waals surface area contributed by atoms with E-state index in [0.29, 0.717) is 5.54 Å². The van der Waals surface area contributed by atoms with E-state index < -0.39 is 0 Å². The van der Waals surface area contributed by atoms with Gasteiger partial charge in [-0.25, -0.2) is 0 Å². The van der Waals surface area contributed by atoms with E-state index in [2.05, 4.69) is 5.32 Å². The molecule has 1 N–H and O–H groups in total. The predicted molar refractivity (Wildman–Crippen MR) is 60.9 cm³/mol. The summed E-state index contributed by atoms with van der Waals surface area (Å²) in [6.45, 7) is 3.26. The quantitative estimate of drug-likeness (QED) is 0.753. The molecule has 15 heavy (non-hydrogen) atoms. The van der Waals surface area contributed by atoms with Crippen LogP contribution in [0.3, 0.4) is 0 Å². The molecule has 86 valence electrons. The predicted octanol–water partition coefficient (Wildman–Crippen LogP) is 2.34. The van der Waals surface area contributed by atoms with Crippen LogP contribution in [0.25, 0.3) is 0 Å². The first-order valence-corrected chi connectivity index (χ1v) is 6.74. The zero-order chi connectivity index (χ0) is 10.1. The molecule has 0 amide bonds. The van der Waals surface area contributed by atoms with Crippen molar-refractivity contribution in [2.45, 2.75) is 50.5 Å². The molecule has 2 aliphatic heterocycles. The molecule has 2 atom stereocenters. The summed E-state index contributed by atoms with van der Waals surface area (Å²) in [7, 11) is 0. The average molecular weight is 209 g/mol. The van der Waals surface area contributed by atoms with E-state index in [4.69, 9.17) is 4.74 Å². The second-order valence-electron chi connectivity index (χ2n) is 5.61. The van der Waals surface area contributed by atoms with Crippen molar-refractivity contribution in [3.05, 3.63) is 0 Å². The average Bonchev–Trinajstić information content (AvgIpc) is 3.01. The maximum absolute atomic E-state index is 5.61. The molecule has 0 aromatic rings. The molecule has 0 radical (unpaired) electrons. The minimum absolute atomic E-state index is 0.479. The van der Waals surface area contributed by atoms with Gasteiger partial charge in [0.2, 0.25) is 0 Å². The Morgan fingerprint density at radius 2 is 1.93 bits per heavy atom. The Labute approximate surface area is 92.8 Å². The largest absolute Gasteiger partial charge is 0.381 e. The van der Waals surface area contributed by atoms with Crippen LogP contribution in [0.4, 0.5) is 0 Å². The minimum Gasteiger partial charge on any atom is -0.381 e. The van der Waals surface area contributed by atoms with Crippen LogP contribution in [0.1, 0.15) is 44.9 Å². The first kappa shape index (κ1) is 10.1. The lowest BCUT2D eigenvalue weighted by Gasteiger charge is -2.39. The molecule has 3 aliphatic rings. The van der Waals surface area contributed by atoms with Crippen LogP contribution in [-0.4, -0.2) is 25.3 Å². The summed E-state index contributed by atoms with van der Waals surface area (Å²) >= 11 is 0. The van der Waals surface area contributed by atoms with Crippen molar-refractivity contribution in [2.75, 3.05) is 19.8 Å². The van der Waals surface area contributed by atoms with Crippen LogP contribution < -0.4 is 5.32 Å². The Balaban J connectivity index is 1.78. The van der Waals surface area contributed by atoms with Gasteiger partial charge in [0.1, 0.15) is 0 Å². The highest BCUT2D eigenvalue weighted by Crippen LogP contribution is 2.49. The first-order valence-electron chi connectivity index (χ1n) is 6.74. The van der Waals surface area contributed by atoms with Crippen LogP contribution in [0.5, 0.6) is 0 Å². The van der Waals surface area contributed by atoms with Crippen molar-refractivity contribution in [1.82, 2.24) is 5.32 Å². The van der Waals surface area contributed by atoms with E-state index in [1.165, 1.54) is 51.5 Å². The molecule has 3 fully saturated rings. The fourth-order valence-electron chi connectivity index (χ4n) is 3.70. The van der Waals surface area contributed by atoms with Gasteiger partial charge in [-0.15, -0.1) is 0 Å². The molecule has 2 unspecified atom stereocenters. The van der Waals surface area contributed by atoms with E-state index in [1.807, 2.05) is 0 Å². The van der Waals surface area contributed by atoms with E-state index in [9.17, 15) is 0 Å². The number of hydrogen-bond donors (Lipinski definition) is 1. The highest BCUT2D eigenvalue weighted by atomic mass is 16.5. The summed E-state index contributed by atoms with van der Waals surface area (Å²) in [5, 5.41) is 3.92. The molecule has 0 bridgehead atoms. The standard InChI is InChI=1S/C13H23NO/c1-2-7-13(11-4-5-11,14-8-3-1)12-6-9-15-10-12/h11-12,14H,1-10H2. The van der Waals surface area contributed by atoms with Gasteiger partial charge in [0, 0.05) is 18.1 Å². The molecule has 0 aromatic heterocycles. The zero-order valence-electron chi connectivity index (χ0n) is 9.63. The molecule has 1 aliphatic carbocycles. The molecule has 0 aromatic carbocycles. The molecule has 0 spiro atoms. The third-order valence-corrected chi connectivity index (χ3v) is 4.69. The fraction of sp³-hybridized carbons (Fsp3) is 1.00. The second kappa shape index (κ2) is 4.06. The molecular weight excluding hydrogens is 186 g/mol. The molecule has 1 saturated carbocycles. The Kier molecular flexibility index (Phi) is 2.73. The van der Waals surface area contributed by atoms with Crippen molar-refractivity contribution in [3.63, 3.8) is 0 Å². The smallest absolute Gasteiger partial charge is 0.0512 e. The van der Waals surface area contributed by atoms with Crippen LogP contribution in [-0.2, 0) is 4.74 Å². The molecule has 2 saturated heterocycles. The normalized spacial score (nSPS) is 42.8. The SMILES string of the molecule is C1CCNC(C2CC2)(C2CCOC2)CC1. The summed E-state index contributed by atoms with van der Waals surface area (Å²) in [5.41, 5.74) is 0.479. The number of hydrogen-bond acceptors (Lipinski definition) is 2. The van der Waals surface area contributed by atoms with Crippen LogP contribution in [0.2, 0.25) is 0 Å². The topological polar surface area (TPSA) is 21.3 Å². The van der Waals surface area contributed by atoms with E-state index >= 15 is 0 Å². The van der Waals surface area contributed by atoms with Gasteiger partial charge >= 0.3 is 0 Å². The first-order chi connectivity index (χ1) is 7.42. The van der Waals surface area contributed by atoms with Gasteiger partial charge in [0.05, 0.1) is 6.61 Å². The monoisotopic (exact) mass is 209 g/mol. The Hall–Kier alpha value is -0.0800. The zero-order valence-corrected chi connectivity index (χ0v) is 9.63. The Morgan fingerprint density at radius 1 is 1.00 bits per heavy atom. The molecule has 3 rings (SSSR count). The Morgan fingerprint density at radius 3 is 2.67 bits per heavy atom. The number of rotatable bonds is 2. The van der Waals surface area contributed by atoms with E-state index in [1.54, 1.807) is 0 Å². The summed E-state index contributed by atoms with van der Waals surface area (Å²) in [6.07, 6.45) is 9.86. The fourth-order valence-corrected chi connectivity index (χ4v) is 3.70. The maximum Gasteiger partial charge on any atom is 0.0512 e. The maximum atomic E-state index is 5.61. The molecule has 2 heterocycles. The third kappa shape index (κ3) is 1.83. The summed E-state index contributed by atoms with van der Waals surface area (Å²) in [5.74, 6) is 1.78. The lowest BCUT2D eigenvalue weighted by atomic mass is 9.76. The summed E-state index contributed by atoms with van der Waals surface area (Å²) < 4.78 is 5.61. The number of ether oxygens (including phenoxy) is 1. The number of nitrogens with one attached hydrogen (secondary N) is 1. The van der Waals surface area contributed by atoms with Gasteiger partial charge in [-0.3, -0.25) is 0 Å². The minimum atomic E-state index is 0.479. The lowest BCUT2D eigenvalue weighted by molar-refractivity contribution is 0.127. The Bertz CT molecular complexity index is 211. The van der Waals surface area contributed by atoms with Crippen LogP contribution in [0.15, 0.2) is 0 Å². The molecule has 2 heteroatoms. The van der Waals surface area contributed by atoms with Crippen molar-refractivity contribution in [3.8, 4) is 0 Å². The third-order valence-electron chi connectivity index (χ3n) is 4.69. The highest BCUT2D eigenvalue weighted by Gasteiger charge is 2.50. The van der Waals surface area contributed by atoms with E-state index in [-0.39, 0.29) is 0 Å². The van der Waals surface area contributed by atoms with Gasteiger partial charge in [-0.1, -0.05) is 12.8 Å². The summed E-state index contributed by atoms with van der Waals surface area (Å²) in [6, 6.07) is 0. The second-order valence-corrected chi connectivity index (χ2v) is 5.61. The molecule has 2 nitrogen and oxygen atoms in total. The van der Waals surface area contributed by atoms with Gasteiger partial charge in [0.25, 0.3) is 0 Å². The van der Waals surface area contributed by atoms with Gasteiger partial charge in [-0.2, -0.15) is 0 Å².